The van der Waals surface area contributed by atoms with E-state index in [1.165, 1.54) is 12.1 Å². The number of thioether (sulfide) groups is 1. The lowest BCUT2D eigenvalue weighted by molar-refractivity contribution is 0.591. The van der Waals surface area contributed by atoms with Crippen LogP contribution in [0.3, 0.4) is 0 Å². The van der Waals surface area contributed by atoms with Crippen molar-refractivity contribution in [3.63, 3.8) is 0 Å². The van der Waals surface area contributed by atoms with Crippen LogP contribution >= 0.6 is 11.8 Å². The van der Waals surface area contributed by atoms with E-state index >= 15 is 0 Å². The van der Waals surface area contributed by atoms with E-state index in [-0.39, 0.29) is 11.9 Å². The predicted octanol–water partition coefficient (Wildman–Crippen LogP) is 2.16. The second-order valence-corrected chi connectivity index (χ2v) is 4.35. The summed E-state index contributed by atoms with van der Waals surface area (Å²) in [6.45, 7) is 1.81. The van der Waals surface area contributed by atoms with Gasteiger partial charge in [0.25, 0.3) is 0 Å². The Kier molecular flexibility index (Phi) is 5.94. The Morgan fingerprint density at radius 2 is 2.12 bits per heavy atom. The van der Waals surface area contributed by atoms with Crippen LogP contribution in [0.25, 0.3) is 0 Å². The van der Waals surface area contributed by atoms with Crippen LogP contribution in [0.1, 0.15) is 13.3 Å². The first-order chi connectivity index (χ1) is 7.76. The smallest absolute Gasteiger partial charge is 0.123 e. The second kappa shape index (κ2) is 7.29. The van der Waals surface area contributed by atoms with Crippen molar-refractivity contribution in [2.45, 2.75) is 24.3 Å². The molecule has 0 aliphatic rings. The molecule has 3 N–H and O–H groups in total. The van der Waals surface area contributed by atoms with Crippen molar-refractivity contribution in [2.24, 2.45) is 5.84 Å². The van der Waals surface area contributed by atoms with Crippen LogP contribution < -0.4 is 11.3 Å². The van der Waals surface area contributed by atoms with Gasteiger partial charge in [0.15, 0.2) is 0 Å². The van der Waals surface area contributed by atoms with Gasteiger partial charge in [0.05, 0.1) is 0 Å². The molecule has 0 heterocycles. The summed E-state index contributed by atoms with van der Waals surface area (Å²) in [5.74, 6) is 11.8. The molecule has 0 bridgehead atoms. The predicted molar refractivity (Wildman–Crippen MR) is 66.3 cm³/mol. The topological polar surface area (TPSA) is 38.0 Å². The highest BCUT2D eigenvalue weighted by Gasteiger charge is 2.05. The Morgan fingerprint density at radius 3 is 2.69 bits per heavy atom. The second-order valence-electron chi connectivity index (χ2n) is 3.26. The van der Waals surface area contributed by atoms with E-state index in [4.69, 9.17) is 5.84 Å². The van der Waals surface area contributed by atoms with Crippen molar-refractivity contribution >= 4 is 11.8 Å². The highest BCUT2D eigenvalue weighted by molar-refractivity contribution is 7.99. The van der Waals surface area contributed by atoms with E-state index in [9.17, 15) is 4.39 Å². The normalized spacial score (nSPS) is 11.7. The molecule has 1 aromatic rings. The van der Waals surface area contributed by atoms with Crippen molar-refractivity contribution in [1.29, 1.82) is 0 Å². The van der Waals surface area contributed by atoms with Crippen molar-refractivity contribution < 1.29 is 4.39 Å². The number of benzene rings is 1. The fraction of sp³-hybridized carbons (Fsp3) is 0.333. The number of nitrogens with one attached hydrogen (secondary N) is 1. The fourth-order valence-corrected chi connectivity index (χ4v) is 2.06. The number of nitrogens with two attached hydrogens (primary N) is 1. The van der Waals surface area contributed by atoms with E-state index in [2.05, 4.69) is 17.3 Å². The van der Waals surface area contributed by atoms with Crippen LogP contribution in [0.15, 0.2) is 29.2 Å². The van der Waals surface area contributed by atoms with E-state index in [1.807, 2.05) is 0 Å². The molecule has 1 atom stereocenters. The average Bonchev–Trinajstić information content (AvgIpc) is 2.32. The third-order valence-corrected chi connectivity index (χ3v) is 3.20. The van der Waals surface area contributed by atoms with Crippen molar-refractivity contribution in [2.75, 3.05) is 5.75 Å². The van der Waals surface area contributed by atoms with E-state index in [0.717, 1.165) is 17.1 Å². The molecule has 16 heavy (non-hydrogen) atoms. The number of hydrogen-bond acceptors (Lipinski definition) is 3. The summed E-state index contributed by atoms with van der Waals surface area (Å²) >= 11 is 1.64. The Morgan fingerprint density at radius 1 is 1.44 bits per heavy atom. The maximum Gasteiger partial charge on any atom is 0.123 e. The lowest BCUT2D eigenvalue weighted by Crippen LogP contribution is -2.36. The molecule has 0 amide bonds. The molecule has 86 valence electrons. The highest BCUT2D eigenvalue weighted by Crippen LogP contribution is 2.19. The van der Waals surface area contributed by atoms with Crippen molar-refractivity contribution in [3.8, 4) is 11.8 Å². The van der Waals surface area contributed by atoms with Gasteiger partial charge in [-0.3, -0.25) is 11.3 Å². The van der Waals surface area contributed by atoms with E-state index in [1.54, 1.807) is 30.8 Å². The van der Waals surface area contributed by atoms with Gasteiger partial charge in [0, 0.05) is 23.1 Å². The van der Waals surface area contributed by atoms with Crippen LogP contribution in [0.4, 0.5) is 4.39 Å². The summed E-state index contributed by atoms with van der Waals surface area (Å²) in [7, 11) is 0. The molecule has 0 aliphatic heterocycles. The molecular weight excluding hydrogens is 223 g/mol. The summed E-state index contributed by atoms with van der Waals surface area (Å²) in [5, 5.41) is 0. The molecular formula is C12H15FN2S. The van der Waals surface area contributed by atoms with Crippen LogP contribution in [0.2, 0.25) is 0 Å². The third-order valence-electron chi connectivity index (χ3n) is 2.03. The number of hydrogen-bond donors (Lipinski definition) is 2. The van der Waals surface area contributed by atoms with Crippen molar-refractivity contribution in [3.05, 3.63) is 30.1 Å². The molecule has 0 spiro atoms. The zero-order valence-electron chi connectivity index (χ0n) is 9.16. The van der Waals surface area contributed by atoms with Crippen LogP contribution in [0, 0.1) is 17.7 Å². The molecule has 0 aliphatic carbocycles. The molecule has 4 heteroatoms. The summed E-state index contributed by atoms with van der Waals surface area (Å²) in [6.07, 6.45) is 0.723. The van der Waals surface area contributed by atoms with Crippen molar-refractivity contribution in [1.82, 2.24) is 5.43 Å². The Labute approximate surface area is 99.8 Å². The van der Waals surface area contributed by atoms with Crippen LogP contribution in [-0.2, 0) is 0 Å². The largest absolute Gasteiger partial charge is 0.271 e. The van der Waals surface area contributed by atoms with Gasteiger partial charge in [-0.25, -0.2) is 4.39 Å². The van der Waals surface area contributed by atoms with E-state index < -0.39 is 0 Å². The maximum atomic E-state index is 12.7. The van der Waals surface area contributed by atoms with Crippen LogP contribution in [-0.4, -0.2) is 11.8 Å². The quantitative estimate of drug-likeness (QED) is 0.357. The summed E-state index contributed by atoms with van der Waals surface area (Å²) < 4.78 is 12.7. The zero-order chi connectivity index (χ0) is 11.8. The van der Waals surface area contributed by atoms with Gasteiger partial charge in [-0.1, -0.05) is 0 Å². The first kappa shape index (κ1) is 13.0. The molecule has 0 saturated heterocycles. The first-order valence-electron chi connectivity index (χ1n) is 5.00. The monoisotopic (exact) mass is 238 g/mol. The fourth-order valence-electron chi connectivity index (χ4n) is 1.12. The molecule has 1 rings (SSSR count). The Bertz CT molecular complexity index is 367. The Balaban J connectivity index is 2.41. The molecule has 0 fully saturated rings. The first-order valence-corrected chi connectivity index (χ1v) is 5.99. The third kappa shape index (κ3) is 4.67. The minimum Gasteiger partial charge on any atom is -0.271 e. The van der Waals surface area contributed by atoms with Gasteiger partial charge in [0.1, 0.15) is 5.82 Å². The molecule has 0 aromatic heterocycles. The molecule has 0 saturated carbocycles. The minimum atomic E-state index is -0.213. The molecule has 0 radical (unpaired) electrons. The van der Waals surface area contributed by atoms with Gasteiger partial charge < -0.3 is 0 Å². The SMILES string of the molecule is CC#CCC(CSc1ccc(F)cc1)NN. The Hall–Kier alpha value is -1.02. The van der Waals surface area contributed by atoms with Gasteiger partial charge in [-0.2, -0.15) is 0 Å². The summed E-state index contributed by atoms with van der Waals surface area (Å²) in [5.41, 5.74) is 2.72. The van der Waals surface area contributed by atoms with E-state index in [0.29, 0.717) is 0 Å². The molecule has 1 aromatic carbocycles. The number of rotatable bonds is 5. The standard InChI is InChI=1S/C12H15FN2S/c1-2-3-4-11(15-14)9-16-12-7-5-10(13)6-8-12/h5-8,11,15H,4,9,14H2,1H3. The number of halogens is 1. The molecule has 2 nitrogen and oxygen atoms in total. The summed E-state index contributed by atoms with van der Waals surface area (Å²) in [6, 6.07) is 6.60. The van der Waals surface area contributed by atoms with Gasteiger partial charge in [-0.15, -0.1) is 23.6 Å². The lowest BCUT2D eigenvalue weighted by atomic mass is 10.2. The number of hydrazine groups is 1. The van der Waals surface area contributed by atoms with Gasteiger partial charge in [-0.05, 0) is 31.2 Å². The van der Waals surface area contributed by atoms with Gasteiger partial charge >= 0.3 is 0 Å². The van der Waals surface area contributed by atoms with Gasteiger partial charge in [0.2, 0.25) is 0 Å². The van der Waals surface area contributed by atoms with Crippen LogP contribution in [0.5, 0.6) is 0 Å². The maximum absolute atomic E-state index is 12.7. The molecule has 1 unspecified atom stereocenters. The zero-order valence-corrected chi connectivity index (χ0v) is 9.98. The average molecular weight is 238 g/mol. The minimum absolute atomic E-state index is 0.155. The summed E-state index contributed by atoms with van der Waals surface area (Å²) in [4.78, 5) is 1.03. The highest BCUT2D eigenvalue weighted by atomic mass is 32.2. The lowest BCUT2D eigenvalue weighted by Gasteiger charge is -2.11.